The Kier molecular flexibility index (Phi) is 6.30. The van der Waals surface area contributed by atoms with Crippen LogP contribution in [0.25, 0.3) is 0 Å². The number of phenols is 1. The van der Waals surface area contributed by atoms with Crippen molar-refractivity contribution in [3.63, 3.8) is 0 Å². The number of hydrogen-bond acceptors (Lipinski definition) is 3. The number of carbonyl (C=O) groups is 1. The summed E-state index contributed by atoms with van der Waals surface area (Å²) in [7, 11) is 0. The predicted molar refractivity (Wildman–Crippen MR) is 83.2 cm³/mol. The van der Waals surface area contributed by atoms with E-state index in [0.717, 1.165) is 12.8 Å². The van der Waals surface area contributed by atoms with E-state index in [0.29, 0.717) is 18.7 Å². The summed E-state index contributed by atoms with van der Waals surface area (Å²) in [4.78, 5) is 12.1. The van der Waals surface area contributed by atoms with Crippen molar-refractivity contribution in [3.8, 4) is 5.75 Å². The fraction of sp³-hybridized carbons (Fsp3) is 0.533. The molecule has 4 nitrogen and oxygen atoms in total. The Balaban J connectivity index is 0.00000200. The second-order valence-electron chi connectivity index (χ2n) is 5.54. The molecule has 1 aliphatic carbocycles. The summed E-state index contributed by atoms with van der Waals surface area (Å²) in [6.45, 7) is 0.579. The molecule has 0 heterocycles. The molecule has 112 valence electrons. The largest absolute Gasteiger partial charge is 0.508 e. The first-order valence-electron chi connectivity index (χ1n) is 6.93. The average Bonchev–Trinajstić information content (AvgIpc) is 2.42. The molecule has 0 atom stereocenters. The molecule has 1 amide bonds. The van der Waals surface area contributed by atoms with Gasteiger partial charge in [-0.25, -0.2) is 0 Å². The molecule has 1 fully saturated rings. The summed E-state index contributed by atoms with van der Waals surface area (Å²) in [6, 6.07) is 6.52. The van der Waals surface area contributed by atoms with Gasteiger partial charge < -0.3 is 16.2 Å². The second-order valence-corrected chi connectivity index (χ2v) is 5.54. The Bertz CT molecular complexity index is 428. The van der Waals surface area contributed by atoms with Crippen LogP contribution in [0.15, 0.2) is 24.3 Å². The molecule has 1 aromatic carbocycles. The highest BCUT2D eigenvalue weighted by molar-refractivity contribution is 5.91. The molecular weight excluding hydrogens is 276 g/mol. The van der Waals surface area contributed by atoms with Crippen LogP contribution in [0.2, 0.25) is 0 Å². The van der Waals surface area contributed by atoms with Gasteiger partial charge in [0.2, 0.25) is 5.91 Å². The van der Waals surface area contributed by atoms with Crippen LogP contribution in [-0.4, -0.2) is 17.6 Å². The molecule has 0 bridgehead atoms. The highest BCUT2D eigenvalue weighted by Gasteiger charge is 2.32. The molecule has 0 aromatic heterocycles. The molecule has 0 saturated heterocycles. The number of carbonyl (C=O) groups excluding carboxylic acids is 1. The number of nitrogens with two attached hydrogens (primary N) is 1. The highest BCUT2D eigenvalue weighted by Crippen LogP contribution is 2.38. The fourth-order valence-corrected chi connectivity index (χ4v) is 2.85. The lowest BCUT2D eigenvalue weighted by Gasteiger charge is -2.35. The number of phenolic OH excluding ortho intramolecular Hbond substituents is 1. The molecular formula is C15H23ClN2O2. The number of hydrogen-bond donors (Lipinski definition) is 3. The van der Waals surface area contributed by atoms with Crippen molar-refractivity contribution < 1.29 is 9.90 Å². The first-order chi connectivity index (χ1) is 9.13. The first kappa shape index (κ1) is 16.8. The molecule has 1 aromatic rings. The van der Waals surface area contributed by atoms with Crippen molar-refractivity contribution in [2.75, 3.05) is 11.9 Å². The van der Waals surface area contributed by atoms with Gasteiger partial charge in [0.05, 0.1) is 0 Å². The Labute approximate surface area is 126 Å². The minimum Gasteiger partial charge on any atom is -0.508 e. The Morgan fingerprint density at radius 3 is 2.35 bits per heavy atom. The lowest BCUT2D eigenvalue weighted by Crippen LogP contribution is -2.36. The van der Waals surface area contributed by atoms with Gasteiger partial charge in [0.25, 0.3) is 0 Å². The van der Waals surface area contributed by atoms with Gasteiger partial charge in [0.1, 0.15) is 5.75 Å². The first-order valence-corrected chi connectivity index (χ1v) is 6.93. The van der Waals surface area contributed by atoms with Crippen LogP contribution in [0.1, 0.15) is 38.5 Å². The maximum absolute atomic E-state index is 12.1. The van der Waals surface area contributed by atoms with E-state index in [4.69, 9.17) is 5.73 Å². The van der Waals surface area contributed by atoms with Crippen molar-refractivity contribution in [3.05, 3.63) is 24.3 Å². The average molecular weight is 299 g/mol. The highest BCUT2D eigenvalue weighted by atomic mass is 35.5. The van der Waals surface area contributed by atoms with Gasteiger partial charge in [-0.15, -0.1) is 12.4 Å². The van der Waals surface area contributed by atoms with Crippen LogP contribution in [0.5, 0.6) is 5.75 Å². The number of amides is 1. The number of aromatic hydroxyl groups is 1. The summed E-state index contributed by atoms with van der Waals surface area (Å²) >= 11 is 0. The number of rotatable bonds is 4. The van der Waals surface area contributed by atoms with E-state index in [1.165, 1.54) is 19.3 Å². The van der Waals surface area contributed by atoms with E-state index in [1.807, 2.05) is 0 Å². The van der Waals surface area contributed by atoms with Gasteiger partial charge in [0, 0.05) is 12.1 Å². The summed E-state index contributed by atoms with van der Waals surface area (Å²) in [5, 5.41) is 12.1. The summed E-state index contributed by atoms with van der Waals surface area (Å²) in [5.74, 6) is 0.210. The third-order valence-electron chi connectivity index (χ3n) is 4.03. The molecule has 5 heteroatoms. The Morgan fingerprint density at radius 2 is 1.80 bits per heavy atom. The Morgan fingerprint density at radius 1 is 1.20 bits per heavy atom. The summed E-state index contributed by atoms with van der Waals surface area (Å²) in [6.07, 6.45) is 6.18. The molecule has 4 N–H and O–H groups in total. The summed E-state index contributed by atoms with van der Waals surface area (Å²) < 4.78 is 0. The van der Waals surface area contributed by atoms with Gasteiger partial charge in [-0.1, -0.05) is 19.3 Å². The van der Waals surface area contributed by atoms with Gasteiger partial charge >= 0.3 is 0 Å². The lowest BCUT2D eigenvalue weighted by atomic mass is 9.71. The van der Waals surface area contributed by atoms with E-state index in [-0.39, 0.29) is 29.5 Å². The zero-order chi connectivity index (χ0) is 13.7. The minimum absolute atomic E-state index is 0. The number of benzene rings is 1. The number of nitrogens with one attached hydrogen (secondary N) is 1. The van der Waals surface area contributed by atoms with E-state index in [9.17, 15) is 9.90 Å². The van der Waals surface area contributed by atoms with Crippen molar-refractivity contribution in [2.45, 2.75) is 38.5 Å². The topological polar surface area (TPSA) is 75.4 Å². The minimum atomic E-state index is -0.0146. The standard InChI is InChI=1S/C15H22N2O2.ClH/c16-11-15(8-2-1-3-9-15)10-14(19)17-12-4-6-13(18)7-5-12;/h4-7,18H,1-3,8-11,16H2,(H,17,19);1H. The fourth-order valence-electron chi connectivity index (χ4n) is 2.85. The zero-order valence-corrected chi connectivity index (χ0v) is 12.4. The molecule has 1 aliphatic rings. The third kappa shape index (κ3) is 4.39. The van der Waals surface area contributed by atoms with E-state index in [2.05, 4.69) is 5.32 Å². The molecule has 0 aliphatic heterocycles. The molecule has 0 spiro atoms. The van der Waals surface area contributed by atoms with Crippen LogP contribution in [0.3, 0.4) is 0 Å². The number of halogens is 1. The van der Waals surface area contributed by atoms with E-state index in [1.54, 1.807) is 24.3 Å². The summed E-state index contributed by atoms with van der Waals surface area (Å²) in [5.41, 5.74) is 6.59. The molecule has 0 radical (unpaired) electrons. The SMILES string of the molecule is Cl.NCC1(CC(=O)Nc2ccc(O)cc2)CCCCC1. The van der Waals surface area contributed by atoms with Crippen LogP contribution in [0, 0.1) is 5.41 Å². The van der Waals surface area contributed by atoms with Gasteiger partial charge in [-0.05, 0) is 49.1 Å². The van der Waals surface area contributed by atoms with E-state index >= 15 is 0 Å². The molecule has 0 unspecified atom stereocenters. The monoisotopic (exact) mass is 298 g/mol. The second kappa shape index (κ2) is 7.50. The van der Waals surface area contributed by atoms with Crippen LogP contribution in [-0.2, 0) is 4.79 Å². The van der Waals surface area contributed by atoms with Crippen LogP contribution < -0.4 is 11.1 Å². The van der Waals surface area contributed by atoms with Crippen LogP contribution in [0.4, 0.5) is 5.69 Å². The van der Waals surface area contributed by atoms with Gasteiger partial charge in [-0.2, -0.15) is 0 Å². The maximum Gasteiger partial charge on any atom is 0.224 e. The van der Waals surface area contributed by atoms with Crippen molar-refractivity contribution in [1.29, 1.82) is 0 Å². The number of anilines is 1. The molecule has 1 saturated carbocycles. The lowest BCUT2D eigenvalue weighted by molar-refractivity contribution is -0.118. The normalized spacial score (nSPS) is 17.1. The van der Waals surface area contributed by atoms with Crippen molar-refractivity contribution >= 4 is 24.0 Å². The molecule has 2 rings (SSSR count). The zero-order valence-electron chi connectivity index (χ0n) is 11.6. The maximum atomic E-state index is 12.1. The van der Waals surface area contributed by atoms with Crippen molar-refractivity contribution in [1.82, 2.24) is 0 Å². The smallest absolute Gasteiger partial charge is 0.224 e. The van der Waals surface area contributed by atoms with Gasteiger partial charge in [0.15, 0.2) is 0 Å². The van der Waals surface area contributed by atoms with Crippen LogP contribution >= 0.6 is 12.4 Å². The van der Waals surface area contributed by atoms with Gasteiger partial charge in [-0.3, -0.25) is 4.79 Å². The molecule has 20 heavy (non-hydrogen) atoms. The quantitative estimate of drug-likeness (QED) is 0.748. The van der Waals surface area contributed by atoms with E-state index < -0.39 is 0 Å². The van der Waals surface area contributed by atoms with Crippen molar-refractivity contribution in [2.24, 2.45) is 11.1 Å². The third-order valence-corrected chi connectivity index (χ3v) is 4.03. The Hall–Kier alpha value is -1.26. The predicted octanol–water partition coefficient (Wildman–Crippen LogP) is 3.05.